The van der Waals surface area contributed by atoms with Crippen LogP contribution in [0.3, 0.4) is 0 Å². The molecular formula is C11H19N3O2. The minimum Gasteiger partial charge on any atom is -0.539 e. The van der Waals surface area contributed by atoms with Crippen LogP contribution in [-0.2, 0) is 6.54 Å². The Morgan fingerprint density at radius 1 is 1.50 bits per heavy atom. The van der Waals surface area contributed by atoms with Crippen LogP contribution in [0.1, 0.15) is 51.3 Å². The molecule has 0 aliphatic heterocycles. The first kappa shape index (κ1) is 11.4. The normalized spacial score (nSPS) is 17.4. The van der Waals surface area contributed by atoms with Crippen molar-refractivity contribution in [2.45, 2.75) is 58.2 Å². The lowest BCUT2D eigenvalue weighted by Gasteiger charge is -2.10. The van der Waals surface area contributed by atoms with E-state index in [-0.39, 0.29) is 12.0 Å². The van der Waals surface area contributed by atoms with Crippen LogP contribution in [0.4, 0.5) is 0 Å². The zero-order valence-electron chi connectivity index (χ0n) is 9.90. The summed E-state index contributed by atoms with van der Waals surface area (Å²) in [6.45, 7) is 4.53. The van der Waals surface area contributed by atoms with Crippen LogP contribution in [-0.4, -0.2) is 11.3 Å². The molecule has 0 spiro atoms. The van der Waals surface area contributed by atoms with Crippen LogP contribution >= 0.6 is 0 Å². The van der Waals surface area contributed by atoms with Crippen LogP contribution in [0.5, 0.6) is 5.95 Å². The molecule has 1 aliphatic rings. The second-order valence-corrected chi connectivity index (χ2v) is 4.71. The Morgan fingerprint density at radius 2 is 2.19 bits per heavy atom. The van der Waals surface area contributed by atoms with Gasteiger partial charge in [-0.3, -0.25) is 0 Å². The highest BCUT2D eigenvalue weighted by Crippen LogP contribution is 2.18. The average molecular weight is 225 g/mol. The number of aromatic nitrogens is 2. The summed E-state index contributed by atoms with van der Waals surface area (Å²) in [6, 6.07) is 0.710. The second-order valence-electron chi connectivity index (χ2n) is 4.71. The molecule has 1 heterocycles. The van der Waals surface area contributed by atoms with Crippen LogP contribution in [0, 0.1) is 0 Å². The van der Waals surface area contributed by atoms with Gasteiger partial charge in [-0.05, 0) is 26.7 Å². The van der Waals surface area contributed by atoms with Crippen molar-refractivity contribution in [1.82, 2.24) is 10.6 Å². The fourth-order valence-electron chi connectivity index (χ4n) is 2.21. The van der Waals surface area contributed by atoms with E-state index in [1.807, 2.05) is 13.8 Å². The van der Waals surface area contributed by atoms with Crippen LogP contribution in [0.15, 0.2) is 4.52 Å². The van der Waals surface area contributed by atoms with Crippen LogP contribution in [0.25, 0.3) is 0 Å². The van der Waals surface area contributed by atoms with Gasteiger partial charge in [0.1, 0.15) is 0 Å². The molecule has 1 saturated carbocycles. The van der Waals surface area contributed by atoms with Crippen molar-refractivity contribution < 1.29 is 14.3 Å². The quantitative estimate of drug-likeness (QED) is 0.764. The fraction of sp³-hybridized carbons (Fsp3) is 0.818. The largest absolute Gasteiger partial charge is 0.539 e. The number of hydrogen-bond acceptors (Lipinski definition) is 4. The fourth-order valence-corrected chi connectivity index (χ4v) is 2.21. The zero-order chi connectivity index (χ0) is 11.5. The third-order valence-electron chi connectivity index (χ3n) is 3.13. The minimum absolute atomic E-state index is 0.159. The zero-order valence-corrected chi connectivity index (χ0v) is 9.90. The number of rotatable bonds is 4. The summed E-state index contributed by atoms with van der Waals surface area (Å²) in [6.07, 6.45) is 4.99. The highest BCUT2D eigenvalue weighted by atomic mass is 16.6. The predicted molar refractivity (Wildman–Crippen MR) is 55.6 cm³/mol. The van der Waals surface area contributed by atoms with Gasteiger partial charge in [0.05, 0.1) is 11.8 Å². The molecule has 1 aliphatic carbocycles. The van der Waals surface area contributed by atoms with Gasteiger partial charge < -0.3 is 14.9 Å². The average Bonchev–Trinajstić information content (AvgIpc) is 2.84. The topological polar surface area (TPSA) is 65.0 Å². The van der Waals surface area contributed by atoms with E-state index in [0.717, 1.165) is 0 Å². The molecule has 0 atom stereocenters. The third kappa shape index (κ3) is 2.35. The Labute approximate surface area is 95.4 Å². The second kappa shape index (κ2) is 4.82. The number of hydrogen-bond donors (Lipinski definition) is 1. The van der Waals surface area contributed by atoms with Gasteiger partial charge in [0.25, 0.3) is 0 Å². The summed E-state index contributed by atoms with van der Waals surface area (Å²) in [5.41, 5.74) is 0.627. The Hall–Kier alpha value is -1.10. The van der Waals surface area contributed by atoms with Gasteiger partial charge >= 0.3 is 0 Å². The molecule has 1 aromatic heterocycles. The van der Waals surface area contributed by atoms with Gasteiger partial charge in [-0.15, -0.1) is 0 Å². The molecule has 90 valence electrons. The molecule has 2 rings (SSSR count). The van der Waals surface area contributed by atoms with E-state index >= 15 is 0 Å². The van der Waals surface area contributed by atoms with Gasteiger partial charge in [0.2, 0.25) is 5.69 Å². The highest BCUT2D eigenvalue weighted by molar-refractivity contribution is 5.03. The molecule has 0 amide bonds. The summed E-state index contributed by atoms with van der Waals surface area (Å²) in [5.74, 6) is -0.320. The van der Waals surface area contributed by atoms with E-state index in [2.05, 4.69) is 15.1 Å². The van der Waals surface area contributed by atoms with Crippen molar-refractivity contribution in [1.29, 1.82) is 0 Å². The van der Waals surface area contributed by atoms with E-state index in [0.29, 0.717) is 18.3 Å². The molecular weight excluding hydrogens is 206 g/mol. The summed E-state index contributed by atoms with van der Waals surface area (Å²) >= 11 is 0. The molecule has 1 fully saturated rings. The summed E-state index contributed by atoms with van der Waals surface area (Å²) in [4.78, 5) is 0. The maximum Gasteiger partial charge on any atom is 0.247 e. The highest BCUT2D eigenvalue weighted by Gasteiger charge is 2.22. The third-order valence-corrected chi connectivity index (χ3v) is 3.13. The van der Waals surface area contributed by atoms with Crippen molar-refractivity contribution in [3.63, 3.8) is 0 Å². The number of nitrogens with one attached hydrogen (secondary N) is 1. The molecule has 5 nitrogen and oxygen atoms in total. The van der Waals surface area contributed by atoms with Crippen LogP contribution < -0.4 is 15.1 Å². The molecule has 1 N–H and O–H groups in total. The maximum atomic E-state index is 11.5. The first-order valence-electron chi connectivity index (χ1n) is 5.99. The maximum absolute atomic E-state index is 11.5. The van der Waals surface area contributed by atoms with E-state index in [1.54, 1.807) is 4.68 Å². The summed E-state index contributed by atoms with van der Waals surface area (Å²) in [7, 11) is 0. The smallest absolute Gasteiger partial charge is 0.247 e. The monoisotopic (exact) mass is 225 g/mol. The lowest BCUT2D eigenvalue weighted by atomic mass is 10.2. The Bertz CT molecular complexity index is 343. The van der Waals surface area contributed by atoms with Gasteiger partial charge in [-0.25, -0.2) is 0 Å². The summed E-state index contributed by atoms with van der Waals surface area (Å²) < 4.78 is 6.35. The standard InChI is InChI=1S/C11H19N3O2/c1-8(2)14-10(11(15)16-13-14)7-12-9-5-3-4-6-9/h8-9,12H,3-7H2,1-2H3. The lowest BCUT2D eigenvalue weighted by Crippen LogP contribution is -2.44. The van der Waals surface area contributed by atoms with Crippen molar-refractivity contribution in [2.75, 3.05) is 0 Å². The first-order chi connectivity index (χ1) is 7.68. The summed E-state index contributed by atoms with van der Waals surface area (Å²) in [5, 5.41) is 18.6. The van der Waals surface area contributed by atoms with Crippen molar-refractivity contribution in [3.05, 3.63) is 5.69 Å². The van der Waals surface area contributed by atoms with Gasteiger partial charge in [-0.2, -0.15) is 0 Å². The van der Waals surface area contributed by atoms with Gasteiger partial charge in [0, 0.05) is 6.04 Å². The Balaban J connectivity index is 1.99. The van der Waals surface area contributed by atoms with Crippen molar-refractivity contribution in [2.24, 2.45) is 0 Å². The van der Waals surface area contributed by atoms with E-state index < -0.39 is 0 Å². The van der Waals surface area contributed by atoms with Crippen molar-refractivity contribution >= 4 is 0 Å². The first-order valence-corrected chi connectivity index (χ1v) is 5.99. The van der Waals surface area contributed by atoms with Gasteiger partial charge in [0.15, 0.2) is 12.0 Å². The van der Waals surface area contributed by atoms with E-state index in [9.17, 15) is 5.11 Å². The van der Waals surface area contributed by atoms with Crippen molar-refractivity contribution in [3.8, 4) is 5.95 Å². The van der Waals surface area contributed by atoms with Gasteiger partial charge in [-0.1, -0.05) is 17.5 Å². The Morgan fingerprint density at radius 3 is 2.81 bits per heavy atom. The van der Waals surface area contributed by atoms with E-state index in [1.165, 1.54) is 25.7 Å². The van der Waals surface area contributed by atoms with E-state index in [4.69, 9.17) is 0 Å². The number of nitrogens with zero attached hydrogens (tertiary/aromatic N) is 2. The lowest BCUT2D eigenvalue weighted by molar-refractivity contribution is -0.785. The molecule has 0 unspecified atom stereocenters. The molecule has 0 saturated heterocycles. The molecule has 0 bridgehead atoms. The molecule has 1 aromatic rings. The molecule has 0 aromatic carbocycles. The predicted octanol–water partition coefficient (Wildman–Crippen LogP) is 0.649. The van der Waals surface area contributed by atoms with Crippen LogP contribution in [0.2, 0.25) is 0 Å². The molecule has 0 radical (unpaired) electrons. The minimum atomic E-state index is -0.320. The SMILES string of the molecule is CC(C)[n+]1noc([O-])c1CNC1CCCC1. The Kier molecular flexibility index (Phi) is 3.43. The molecule has 16 heavy (non-hydrogen) atoms. The molecule has 5 heteroatoms.